The summed E-state index contributed by atoms with van der Waals surface area (Å²) in [4.78, 5) is 35.6. The molecule has 0 fully saturated rings. The van der Waals surface area contributed by atoms with Gasteiger partial charge in [0, 0.05) is 29.9 Å². The van der Waals surface area contributed by atoms with E-state index in [0.717, 1.165) is 21.4 Å². The van der Waals surface area contributed by atoms with Crippen LogP contribution in [0.4, 0.5) is 11.4 Å². The number of hydrogen-bond acceptors (Lipinski definition) is 4. The molecule has 0 aliphatic heterocycles. The fourth-order valence-corrected chi connectivity index (χ4v) is 2.98. The SMILES string of the molecule is CC(=O)Nc1ccc(NC(=O)Cn2nc(-c3ccc(C)cc3C)ccc2=O)cc1. The molecule has 2 aromatic carbocycles. The van der Waals surface area contributed by atoms with Gasteiger partial charge in [-0.3, -0.25) is 14.4 Å². The molecule has 0 aliphatic rings. The predicted molar refractivity (Wildman–Crippen MR) is 113 cm³/mol. The summed E-state index contributed by atoms with van der Waals surface area (Å²) in [6, 6.07) is 15.8. The van der Waals surface area contributed by atoms with Crippen LogP contribution in [0, 0.1) is 13.8 Å². The molecular formula is C22H22N4O3. The summed E-state index contributed by atoms with van der Waals surface area (Å²) in [5.41, 5.74) is 4.58. The van der Waals surface area contributed by atoms with Gasteiger partial charge in [-0.15, -0.1) is 0 Å². The van der Waals surface area contributed by atoms with Crippen LogP contribution in [0.5, 0.6) is 0 Å². The van der Waals surface area contributed by atoms with Crippen LogP contribution < -0.4 is 16.2 Å². The van der Waals surface area contributed by atoms with Crippen molar-refractivity contribution in [1.29, 1.82) is 0 Å². The summed E-state index contributed by atoms with van der Waals surface area (Å²) >= 11 is 0. The molecule has 148 valence electrons. The van der Waals surface area contributed by atoms with Crippen LogP contribution in [0.15, 0.2) is 59.4 Å². The van der Waals surface area contributed by atoms with Gasteiger partial charge in [-0.2, -0.15) is 5.10 Å². The highest BCUT2D eigenvalue weighted by Gasteiger charge is 2.10. The third-order valence-electron chi connectivity index (χ3n) is 4.31. The van der Waals surface area contributed by atoms with Crippen molar-refractivity contribution < 1.29 is 9.59 Å². The Labute approximate surface area is 168 Å². The van der Waals surface area contributed by atoms with Crippen LogP contribution in [0.2, 0.25) is 0 Å². The van der Waals surface area contributed by atoms with Crippen LogP contribution in [-0.2, 0) is 16.1 Å². The Morgan fingerprint density at radius 3 is 2.21 bits per heavy atom. The number of anilines is 2. The van der Waals surface area contributed by atoms with Crippen LogP contribution in [0.1, 0.15) is 18.1 Å². The number of nitrogens with zero attached hydrogens (tertiary/aromatic N) is 2. The van der Waals surface area contributed by atoms with Gasteiger partial charge in [-0.25, -0.2) is 4.68 Å². The van der Waals surface area contributed by atoms with E-state index >= 15 is 0 Å². The number of aryl methyl sites for hydroxylation is 2. The van der Waals surface area contributed by atoms with E-state index in [4.69, 9.17) is 0 Å². The summed E-state index contributed by atoms with van der Waals surface area (Å²) in [6.45, 7) is 5.21. The number of hydrogen-bond donors (Lipinski definition) is 2. The molecule has 1 heterocycles. The van der Waals surface area contributed by atoms with Crippen molar-refractivity contribution in [2.75, 3.05) is 10.6 Å². The van der Waals surface area contributed by atoms with Crippen molar-refractivity contribution in [2.24, 2.45) is 0 Å². The fraction of sp³-hybridized carbons (Fsp3) is 0.182. The average Bonchev–Trinajstić information content (AvgIpc) is 2.65. The summed E-state index contributed by atoms with van der Waals surface area (Å²) in [6.07, 6.45) is 0. The van der Waals surface area contributed by atoms with Crippen LogP contribution in [0.3, 0.4) is 0 Å². The van der Waals surface area contributed by atoms with E-state index in [9.17, 15) is 14.4 Å². The third kappa shape index (κ3) is 5.16. The number of benzene rings is 2. The molecule has 0 atom stereocenters. The van der Waals surface area contributed by atoms with Crippen molar-refractivity contribution in [3.63, 3.8) is 0 Å². The first-order valence-corrected chi connectivity index (χ1v) is 9.15. The molecule has 0 saturated heterocycles. The highest BCUT2D eigenvalue weighted by molar-refractivity contribution is 5.92. The Morgan fingerprint density at radius 2 is 1.59 bits per heavy atom. The van der Waals surface area contributed by atoms with E-state index in [-0.39, 0.29) is 23.9 Å². The maximum Gasteiger partial charge on any atom is 0.267 e. The average molecular weight is 390 g/mol. The highest BCUT2D eigenvalue weighted by atomic mass is 16.2. The van der Waals surface area contributed by atoms with E-state index in [1.165, 1.54) is 13.0 Å². The van der Waals surface area contributed by atoms with Crippen LogP contribution in [-0.4, -0.2) is 21.6 Å². The Morgan fingerprint density at radius 1 is 0.931 bits per heavy atom. The number of carbonyl (C=O) groups excluding carboxylic acids is 2. The molecule has 3 aromatic rings. The molecule has 3 rings (SSSR count). The van der Waals surface area contributed by atoms with Crippen molar-refractivity contribution in [2.45, 2.75) is 27.3 Å². The maximum absolute atomic E-state index is 12.4. The Hall–Kier alpha value is -3.74. The molecule has 0 radical (unpaired) electrons. The molecule has 7 nitrogen and oxygen atoms in total. The zero-order valence-electron chi connectivity index (χ0n) is 16.5. The van der Waals surface area contributed by atoms with E-state index in [0.29, 0.717) is 17.1 Å². The molecule has 2 amide bonds. The molecule has 1 aromatic heterocycles. The topological polar surface area (TPSA) is 93.1 Å². The van der Waals surface area contributed by atoms with E-state index in [1.54, 1.807) is 30.3 Å². The number of aromatic nitrogens is 2. The minimum atomic E-state index is -0.371. The second kappa shape index (κ2) is 8.52. The summed E-state index contributed by atoms with van der Waals surface area (Å²) in [5, 5.41) is 9.74. The second-order valence-corrected chi connectivity index (χ2v) is 6.84. The van der Waals surface area contributed by atoms with Crippen LogP contribution >= 0.6 is 0 Å². The first-order chi connectivity index (χ1) is 13.8. The standard InChI is InChI=1S/C22H22N4O3/c1-14-4-9-19(15(2)12-14)20-10-11-22(29)26(25-20)13-21(28)24-18-7-5-17(6-8-18)23-16(3)27/h4-12H,13H2,1-3H3,(H,23,27)(H,24,28). The van der Waals surface area contributed by atoms with Crippen molar-refractivity contribution in [3.05, 3.63) is 76.1 Å². The quantitative estimate of drug-likeness (QED) is 0.700. The van der Waals surface area contributed by atoms with Crippen molar-refractivity contribution >= 4 is 23.2 Å². The zero-order valence-corrected chi connectivity index (χ0v) is 16.5. The van der Waals surface area contributed by atoms with E-state index in [2.05, 4.69) is 15.7 Å². The van der Waals surface area contributed by atoms with Gasteiger partial charge in [0.25, 0.3) is 5.56 Å². The molecule has 0 bridgehead atoms. The molecule has 29 heavy (non-hydrogen) atoms. The minimum Gasteiger partial charge on any atom is -0.326 e. The fourth-order valence-electron chi connectivity index (χ4n) is 2.98. The van der Waals surface area contributed by atoms with Gasteiger partial charge in [-0.05, 0) is 49.7 Å². The smallest absolute Gasteiger partial charge is 0.267 e. The number of nitrogens with one attached hydrogen (secondary N) is 2. The van der Waals surface area contributed by atoms with E-state index < -0.39 is 0 Å². The third-order valence-corrected chi connectivity index (χ3v) is 4.31. The Bertz CT molecular complexity index is 1120. The molecule has 2 N–H and O–H groups in total. The zero-order chi connectivity index (χ0) is 21.0. The maximum atomic E-state index is 12.4. The number of carbonyl (C=O) groups is 2. The molecule has 0 unspecified atom stereocenters. The van der Waals surface area contributed by atoms with Crippen LogP contribution in [0.25, 0.3) is 11.3 Å². The normalized spacial score (nSPS) is 10.4. The lowest BCUT2D eigenvalue weighted by Gasteiger charge is -2.10. The van der Waals surface area contributed by atoms with Gasteiger partial charge in [0.15, 0.2) is 0 Å². The van der Waals surface area contributed by atoms with Gasteiger partial charge in [0.1, 0.15) is 6.54 Å². The lowest BCUT2D eigenvalue weighted by atomic mass is 10.0. The molecule has 0 saturated carbocycles. The molecule has 0 spiro atoms. The largest absolute Gasteiger partial charge is 0.326 e. The monoisotopic (exact) mass is 390 g/mol. The first-order valence-electron chi connectivity index (χ1n) is 9.15. The predicted octanol–water partition coefficient (Wildman–Crippen LogP) is 3.12. The molecule has 0 aliphatic carbocycles. The van der Waals surface area contributed by atoms with Gasteiger partial charge in [0.05, 0.1) is 5.69 Å². The van der Waals surface area contributed by atoms with Gasteiger partial charge in [0.2, 0.25) is 11.8 Å². The first kappa shape index (κ1) is 20.0. The van der Waals surface area contributed by atoms with Gasteiger partial charge in [-0.1, -0.05) is 23.8 Å². The number of amides is 2. The molecule has 7 heteroatoms. The highest BCUT2D eigenvalue weighted by Crippen LogP contribution is 2.21. The summed E-state index contributed by atoms with van der Waals surface area (Å²) < 4.78 is 1.15. The number of rotatable bonds is 5. The van der Waals surface area contributed by atoms with Crippen molar-refractivity contribution in [1.82, 2.24) is 9.78 Å². The van der Waals surface area contributed by atoms with E-state index in [1.807, 2.05) is 32.0 Å². The summed E-state index contributed by atoms with van der Waals surface area (Å²) in [5.74, 6) is -0.541. The minimum absolute atomic E-state index is 0.170. The van der Waals surface area contributed by atoms with Crippen molar-refractivity contribution in [3.8, 4) is 11.3 Å². The molecular weight excluding hydrogens is 368 g/mol. The Kier molecular flexibility index (Phi) is 5.87. The lowest BCUT2D eigenvalue weighted by Crippen LogP contribution is -2.29. The summed E-state index contributed by atoms with van der Waals surface area (Å²) in [7, 11) is 0. The second-order valence-electron chi connectivity index (χ2n) is 6.84. The van der Waals surface area contributed by atoms with Gasteiger partial charge < -0.3 is 10.6 Å². The Balaban J connectivity index is 1.75. The van der Waals surface area contributed by atoms with Gasteiger partial charge >= 0.3 is 0 Å². The lowest BCUT2D eigenvalue weighted by molar-refractivity contribution is -0.117.